The number of aryl methyl sites for hydroxylation is 1. The molecule has 1 N–H and O–H groups in total. The van der Waals surface area contributed by atoms with Crippen molar-refractivity contribution in [3.8, 4) is 5.75 Å². The van der Waals surface area contributed by atoms with Crippen LogP contribution in [0.2, 0.25) is 5.28 Å². The van der Waals surface area contributed by atoms with Gasteiger partial charge in [0.2, 0.25) is 5.28 Å². The van der Waals surface area contributed by atoms with E-state index in [1.165, 1.54) is 5.56 Å². The number of nitrogens with one attached hydrogen (secondary N) is 1. The topological polar surface area (TPSA) is 47.0 Å². The van der Waals surface area contributed by atoms with Gasteiger partial charge in [-0.1, -0.05) is 12.1 Å². The number of halogens is 1. The second kappa shape index (κ2) is 6.38. The van der Waals surface area contributed by atoms with Gasteiger partial charge in [0.15, 0.2) is 0 Å². The van der Waals surface area contributed by atoms with Crippen molar-refractivity contribution >= 4 is 17.4 Å². The molecule has 0 fully saturated rings. The van der Waals surface area contributed by atoms with Gasteiger partial charge >= 0.3 is 0 Å². The summed E-state index contributed by atoms with van der Waals surface area (Å²) in [7, 11) is 1.66. The molecule has 0 unspecified atom stereocenters. The van der Waals surface area contributed by atoms with Gasteiger partial charge in [0, 0.05) is 18.3 Å². The fourth-order valence-electron chi connectivity index (χ4n) is 1.75. The fourth-order valence-corrected chi connectivity index (χ4v) is 1.97. The highest BCUT2D eigenvalue weighted by molar-refractivity contribution is 6.28. The molecule has 0 bridgehead atoms. The molecule has 2 aromatic rings. The van der Waals surface area contributed by atoms with E-state index in [1.54, 1.807) is 7.11 Å². The van der Waals surface area contributed by atoms with E-state index < -0.39 is 0 Å². The Kier molecular flexibility index (Phi) is 4.58. The second-order valence-corrected chi connectivity index (χ2v) is 4.53. The average Bonchev–Trinajstić information content (AvgIpc) is 2.38. The van der Waals surface area contributed by atoms with Gasteiger partial charge < -0.3 is 10.1 Å². The van der Waals surface area contributed by atoms with Gasteiger partial charge in [0.1, 0.15) is 11.6 Å². The fraction of sp³-hybridized carbons (Fsp3) is 0.286. The van der Waals surface area contributed by atoms with Crippen molar-refractivity contribution in [2.75, 3.05) is 19.0 Å². The van der Waals surface area contributed by atoms with E-state index in [0.29, 0.717) is 0 Å². The third-order valence-corrected chi connectivity index (χ3v) is 2.87. The molecule has 0 spiro atoms. The van der Waals surface area contributed by atoms with Gasteiger partial charge in [0.25, 0.3) is 0 Å². The summed E-state index contributed by atoms with van der Waals surface area (Å²) < 4.78 is 5.12. The van der Waals surface area contributed by atoms with Crippen LogP contribution in [-0.4, -0.2) is 23.6 Å². The second-order valence-electron chi connectivity index (χ2n) is 4.19. The predicted molar refractivity (Wildman–Crippen MR) is 77.0 cm³/mol. The van der Waals surface area contributed by atoms with Crippen LogP contribution in [0.1, 0.15) is 11.3 Å². The molecule has 5 heteroatoms. The molecule has 0 aliphatic carbocycles. The number of anilines is 1. The van der Waals surface area contributed by atoms with Crippen LogP contribution >= 0.6 is 11.6 Å². The first-order valence-electron chi connectivity index (χ1n) is 6.05. The summed E-state index contributed by atoms with van der Waals surface area (Å²) in [4.78, 5) is 8.14. The monoisotopic (exact) mass is 277 g/mol. The van der Waals surface area contributed by atoms with E-state index >= 15 is 0 Å². The minimum absolute atomic E-state index is 0.270. The maximum atomic E-state index is 5.80. The number of aromatic nitrogens is 2. The van der Waals surface area contributed by atoms with Crippen LogP contribution < -0.4 is 10.1 Å². The van der Waals surface area contributed by atoms with Crippen LogP contribution in [-0.2, 0) is 6.42 Å². The normalized spacial score (nSPS) is 10.3. The van der Waals surface area contributed by atoms with E-state index in [-0.39, 0.29) is 5.28 Å². The Hall–Kier alpha value is -1.81. The summed E-state index contributed by atoms with van der Waals surface area (Å²) in [5.74, 6) is 1.63. The lowest BCUT2D eigenvalue weighted by molar-refractivity contribution is 0.414. The van der Waals surface area contributed by atoms with Crippen LogP contribution in [0.4, 0.5) is 5.82 Å². The molecule has 100 valence electrons. The van der Waals surface area contributed by atoms with Gasteiger partial charge in [-0.2, -0.15) is 0 Å². The third-order valence-electron chi connectivity index (χ3n) is 2.71. The number of hydrogen-bond donors (Lipinski definition) is 1. The molecule has 1 aromatic carbocycles. The number of benzene rings is 1. The smallest absolute Gasteiger partial charge is 0.224 e. The molecule has 0 aliphatic rings. The Labute approximate surface area is 117 Å². The van der Waals surface area contributed by atoms with Gasteiger partial charge in [-0.3, -0.25) is 0 Å². The zero-order chi connectivity index (χ0) is 13.7. The molecular formula is C14H16ClN3O. The van der Waals surface area contributed by atoms with Crippen molar-refractivity contribution < 1.29 is 4.74 Å². The van der Waals surface area contributed by atoms with Crippen molar-refractivity contribution in [2.45, 2.75) is 13.3 Å². The molecule has 1 aromatic heterocycles. The molecule has 19 heavy (non-hydrogen) atoms. The summed E-state index contributed by atoms with van der Waals surface area (Å²) in [6, 6.07) is 9.90. The molecule has 0 amide bonds. The number of rotatable bonds is 5. The summed E-state index contributed by atoms with van der Waals surface area (Å²) >= 11 is 5.80. The standard InChI is InChI=1S/C14H16ClN3O/c1-10-9-13(18-14(15)17-10)16-8-7-11-3-5-12(19-2)6-4-11/h3-6,9H,7-8H2,1-2H3,(H,16,17,18). The van der Waals surface area contributed by atoms with Crippen LogP contribution in [0, 0.1) is 6.92 Å². The summed E-state index contributed by atoms with van der Waals surface area (Å²) in [6.45, 7) is 2.68. The molecule has 0 aliphatic heterocycles. The van der Waals surface area contributed by atoms with E-state index in [1.807, 2.05) is 25.1 Å². The first kappa shape index (κ1) is 13.6. The maximum Gasteiger partial charge on any atom is 0.224 e. The van der Waals surface area contributed by atoms with Crippen LogP contribution in [0.15, 0.2) is 30.3 Å². The number of hydrogen-bond acceptors (Lipinski definition) is 4. The Bertz CT molecular complexity index is 523. The van der Waals surface area contributed by atoms with Gasteiger partial charge in [0.05, 0.1) is 7.11 Å². The van der Waals surface area contributed by atoms with Gasteiger partial charge in [-0.05, 0) is 42.6 Å². The molecule has 0 atom stereocenters. The molecule has 1 heterocycles. The van der Waals surface area contributed by atoms with Crippen LogP contribution in [0.25, 0.3) is 0 Å². The third kappa shape index (κ3) is 4.10. The number of nitrogens with zero attached hydrogens (tertiary/aromatic N) is 2. The van der Waals surface area contributed by atoms with Crippen molar-refractivity contribution in [2.24, 2.45) is 0 Å². The molecule has 0 saturated carbocycles. The van der Waals surface area contributed by atoms with E-state index in [9.17, 15) is 0 Å². The highest BCUT2D eigenvalue weighted by Gasteiger charge is 2.00. The van der Waals surface area contributed by atoms with Crippen molar-refractivity contribution in [1.29, 1.82) is 0 Å². The van der Waals surface area contributed by atoms with Crippen molar-refractivity contribution in [1.82, 2.24) is 9.97 Å². The lowest BCUT2D eigenvalue weighted by atomic mass is 10.1. The Morgan fingerprint density at radius 1 is 1.21 bits per heavy atom. The minimum Gasteiger partial charge on any atom is -0.497 e. The lowest BCUT2D eigenvalue weighted by Gasteiger charge is -2.07. The zero-order valence-corrected chi connectivity index (χ0v) is 11.7. The van der Waals surface area contributed by atoms with Crippen LogP contribution in [0.5, 0.6) is 5.75 Å². The molecule has 0 saturated heterocycles. The number of methoxy groups -OCH3 is 1. The quantitative estimate of drug-likeness (QED) is 0.853. The average molecular weight is 278 g/mol. The highest BCUT2D eigenvalue weighted by atomic mass is 35.5. The van der Waals surface area contributed by atoms with E-state index in [2.05, 4.69) is 27.4 Å². The Morgan fingerprint density at radius 3 is 2.58 bits per heavy atom. The Balaban J connectivity index is 1.88. The van der Waals surface area contributed by atoms with Gasteiger partial charge in [-0.15, -0.1) is 0 Å². The summed E-state index contributed by atoms with van der Waals surface area (Å²) in [5, 5.41) is 3.51. The minimum atomic E-state index is 0.270. The van der Waals surface area contributed by atoms with Crippen molar-refractivity contribution in [3.05, 3.63) is 46.9 Å². The number of ether oxygens (including phenoxy) is 1. The van der Waals surface area contributed by atoms with E-state index in [0.717, 1.165) is 30.2 Å². The molecule has 2 rings (SSSR count). The summed E-state index contributed by atoms with van der Waals surface area (Å²) in [5.41, 5.74) is 2.09. The van der Waals surface area contributed by atoms with Crippen molar-refractivity contribution in [3.63, 3.8) is 0 Å². The SMILES string of the molecule is COc1ccc(CCNc2cc(C)nc(Cl)n2)cc1. The first-order valence-corrected chi connectivity index (χ1v) is 6.43. The molecule has 0 radical (unpaired) electrons. The van der Waals surface area contributed by atoms with Crippen LogP contribution in [0.3, 0.4) is 0 Å². The first-order chi connectivity index (χ1) is 9.17. The molecular weight excluding hydrogens is 262 g/mol. The molecule has 4 nitrogen and oxygen atoms in total. The Morgan fingerprint density at radius 2 is 1.95 bits per heavy atom. The zero-order valence-electron chi connectivity index (χ0n) is 11.0. The maximum absolute atomic E-state index is 5.80. The largest absolute Gasteiger partial charge is 0.497 e. The predicted octanol–water partition coefficient (Wildman–Crippen LogP) is 3.10. The highest BCUT2D eigenvalue weighted by Crippen LogP contribution is 2.13. The lowest BCUT2D eigenvalue weighted by Crippen LogP contribution is -2.07. The van der Waals surface area contributed by atoms with Gasteiger partial charge in [-0.25, -0.2) is 9.97 Å². The summed E-state index contributed by atoms with van der Waals surface area (Å²) in [6.07, 6.45) is 0.907. The van der Waals surface area contributed by atoms with E-state index in [4.69, 9.17) is 16.3 Å².